The zero-order valence-electron chi connectivity index (χ0n) is 13.8. The minimum atomic E-state index is -0.842. The molecule has 0 saturated carbocycles. The Balaban J connectivity index is 2.28. The fourth-order valence-corrected chi connectivity index (χ4v) is 2.27. The second-order valence-electron chi connectivity index (χ2n) is 4.95. The third kappa shape index (κ3) is 4.51. The summed E-state index contributed by atoms with van der Waals surface area (Å²) in [6, 6.07) is 7.02. The second-order valence-corrected chi connectivity index (χ2v) is 5.36. The molecule has 0 aliphatic carbocycles. The van der Waals surface area contributed by atoms with Gasteiger partial charge in [-0.1, -0.05) is 0 Å². The van der Waals surface area contributed by atoms with Crippen LogP contribution in [-0.2, 0) is 9.47 Å². The van der Waals surface area contributed by atoms with Gasteiger partial charge in [0.2, 0.25) is 0 Å². The number of hydrogen-bond donors (Lipinski definition) is 2. The number of methoxy groups -OCH3 is 2. The fraction of sp³-hybridized carbons (Fsp3) is 0.118. The number of esters is 2. The maximum atomic E-state index is 13.7. The van der Waals surface area contributed by atoms with E-state index in [1.807, 2.05) is 0 Å². The van der Waals surface area contributed by atoms with Crippen molar-refractivity contribution in [1.29, 1.82) is 0 Å². The van der Waals surface area contributed by atoms with Crippen molar-refractivity contribution < 1.29 is 27.8 Å². The Bertz CT molecular complexity index is 874. The molecule has 0 aliphatic rings. The summed E-state index contributed by atoms with van der Waals surface area (Å²) < 4.78 is 36.0. The molecule has 26 heavy (non-hydrogen) atoms. The van der Waals surface area contributed by atoms with E-state index in [1.54, 1.807) is 0 Å². The van der Waals surface area contributed by atoms with Gasteiger partial charge in [-0.05, 0) is 42.5 Å². The van der Waals surface area contributed by atoms with Crippen LogP contribution >= 0.6 is 12.2 Å². The number of hydrogen-bond acceptors (Lipinski definition) is 5. The summed E-state index contributed by atoms with van der Waals surface area (Å²) in [5.74, 6) is -2.86. The van der Waals surface area contributed by atoms with Crippen molar-refractivity contribution in [3.63, 3.8) is 0 Å². The number of halogens is 2. The lowest BCUT2D eigenvalue weighted by molar-refractivity contribution is 0.0587. The largest absolute Gasteiger partial charge is 0.465 e. The summed E-state index contributed by atoms with van der Waals surface area (Å²) >= 11 is 5.08. The summed E-state index contributed by atoms with van der Waals surface area (Å²) in [7, 11) is 2.41. The van der Waals surface area contributed by atoms with Gasteiger partial charge in [0, 0.05) is 6.07 Å². The summed E-state index contributed by atoms with van der Waals surface area (Å²) in [5.41, 5.74) is 0.356. The first-order chi connectivity index (χ1) is 12.3. The van der Waals surface area contributed by atoms with E-state index in [0.29, 0.717) is 6.07 Å². The number of anilines is 2. The van der Waals surface area contributed by atoms with Gasteiger partial charge in [-0.25, -0.2) is 18.4 Å². The van der Waals surface area contributed by atoms with Crippen LogP contribution in [0.3, 0.4) is 0 Å². The van der Waals surface area contributed by atoms with Crippen LogP contribution in [-0.4, -0.2) is 31.3 Å². The van der Waals surface area contributed by atoms with Gasteiger partial charge in [0.15, 0.2) is 5.11 Å². The number of rotatable bonds is 4. The van der Waals surface area contributed by atoms with Crippen molar-refractivity contribution in [3.8, 4) is 0 Å². The maximum absolute atomic E-state index is 13.7. The Kier molecular flexibility index (Phi) is 6.18. The first kappa shape index (κ1) is 19.3. The fourth-order valence-electron chi connectivity index (χ4n) is 2.05. The lowest BCUT2D eigenvalue weighted by Gasteiger charge is -2.14. The molecule has 0 saturated heterocycles. The van der Waals surface area contributed by atoms with Gasteiger partial charge >= 0.3 is 11.9 Å². The average Bonchev–Trinajstić information content (AvgIpc) is 2.62. The highest BCUT2D eigenvalue weighted by Gasteiger charge is 2.17. The maximum Gasteiger partial charge on any atom is 0.339 e. The predicted octanol–water partition coefficient (Wildman–Crippen LogP) is 3.35. The number of carbonyl (C=O) groups excluding carboxylic acids is 2. The summed E-state index contributed by atoms with van der Waals surface area (Å²) in [6.45, 7) is 0. The molecule has 0 radical (unpaired) electrons. The molecule has 0 unspecified atom stereocenters. The van der Waals surface area contributed by atoms with Crippen molar-refractivity contribution in [2.75, 3.05) is 24.9 Å². The number of ether oxygens (including phenoxy) is 2. The molecular formula is C17H14F2N2O4S. The van der Waals surface area contributed by atoms with Gasteiger partial charge in [0.05, 0.1) is 36.7 Å². The molecule has 2 N–H and O–H groups in total. The Morgan fingerprint density at radius 2 is 1.58 bits per heavy atom. The minimum Gasteiger partial charge on any atom is -0.465 e. The van der Waals surface area contributed by atoms with Crippen molar-refractivity contribution in [2.45, 2.75) is 0 Å². The first-order valence-electron chi connectivity index (χ1n) is 7.19. The van der Waals surface area contributed by atoms with Gasteiger partial charge in [-0.15, -0.1) is 0 Å². The molecule has 2 aromatic carbocycles. The highest BCUT2D eigenvalue weighted by Crippen LogP contribution is 2.21. The molecule has 2 aromatic rings. The standard InChI is InChI=1S/C17H14F2N2O4S/c1-24-15(22)9-3-5-11(16(23)25-2)14(7-9)21-17(26)20-13-6-4-10(18)8-12(13)19/h3-8H,1-2H3,(H2,20,21,26). The minimum absolute atomic E-state index is 0.0624. The zero-order valence-corrected chi connectivity index (χ0v) is 14.6. The quantitative estimate of drug-likeness (QED) is 0.622. The number of carbonyl (C=O) groups is 2. The molecule has 0 aromatic heterocycles. The van der Waals surface area contributed by atoms with E-state index in [0.717, 1.165) is 6.07 Å². The lowest BCUT2D eigenvalue weighted by atomic mass is 10.1. The lowest BCUT2D eigenvalue weighted by Crippen LogP contribution is -2.22. The van der Waals surface area contributed by atoms with E-state index >= 15 is 0 Å². The average molecular weight is 380 g/mol. The molecule has 0 bridgehead atoms. The Morgan fingerprint density at radius 1 is 0.923 bits per heavy atom. The van der Waals surface area contributed by atoms with Gasteiger partial charge < -0.3 is 20.1 Å². The Hall–Kier alpha value is -3.07. The SMILES string of the molecule is COC(=O)c1ccc(C(=O)OC)c(NC(=S)Nc2ccc(F)cc2F)c1. The number of nitrogens with one attached hydrogen (secondary N) is 2. The summed E-state index contributed by atoms with van der Waals surface area (Å²) in [6.07, 6.45) is 0. The van der Waals surface area contributed by atoms with E-state index in [-0.39, 0.29) is 27.6 Å². The van der Waals surface area contributed by atoms with Crippen LogP contribution in [0.5, 0.6) is 0 Å². The molecule has 0 spiro atoms. The van der Waals surface area contributed by atoms with Crippen LogP contribution in [0.1, 0.15) is 20.7 Å². The molecule has 0 heterocycles. The van der Waals surface area contributed by atoms with Gasteiger partial charge in [-0.2, -0.15) is 0 Å². The van der Waals surface area contributed by atoms with E-state index in [2.05, 4.69) is 20.1 Å². The third-order valence-electron chi connectivity index (χ3n) is 3.27. The molecule has 9 heteroatoms. The van der Waals surface area contributed by atoms with Crippen LogP contribution in [0.2, 0.25) is 0 Å². The van der Waals surface area contributed by atoms with Crippen LogP contribution in [0.25, 0.3) is 0 Å². The second kappa shape index (κ2) is 8.34. The van der Waals surface area contributed by atoms with E-state index < -0.39 is 23.6 Å². The molecule has 2 rings (SSSR count). The molecule has 0 aliphatic heterocycles. The zero-order chi connectivity index (χ0) is 19.3. The van der Waals surface area contributed by atoms with Crippen molar-refractivity contribution in [1.82, 2.24) is 0 Å². The number of benzene rings is 2. The molecule has 6 nitrogen and oxygen atoms in total. The smallest absolute Gasteiger partial charge is 0.339 e. The highest BCUT2D eigenvalue weighted by atomic mass is 32.1. The van der Waals surface area contributed by atoms with E-state index in [9.17, 15) is 18.4 Å². The van der Waals surface area contributed by atoms with Crippen LogP contribution in [0.15, 0.2) is 36.4 Å². The van der Waals surface area contributed by atoms with Crippen LogP contribution < -0.4 is 10.6 Å². The van der Waals surface area contributed by atoms with Gasteiger partial charge in [0.1, 0.15) is 11.6 Å². The Morgan fingerprint density at radius 3 is 2.19 bits per heavy atom. The molecule has 0 amide bonds. The van der Waals surface area contributed by atoms with E-state index in [4.69, 9.17) is 12.2 Å². The summed E-state index contributed by atoms with van der Waals surface area (Å²) in [5, 5.41) is 5.15. The van der Waals surface area contributed by atoms with Crippen LogP contribution in [0.4, 0.5) is 20.2 Å². The molecule has 0 atom stereocenters. The predicted molar refractivity (Wildman–Crippen MR) is 95.3 cm³/mol. The Labute approximate surface area is 153 Å². The summed E-state index contributed by atoms with van der Waals surface area (Å²) in [4.78, 5) is 23.5. The van der Waals surface area contributed by atoms with Crippen molar-refractivity contribution in [2.24, 2.45) is 0 Å². The number of thiocarbonyl (C=S) groups is 1. The molecule has 0 fully saturated rings. The molecule has 136 valence electrons. The van der Waals surface area contributed by atoms with Crippen molar-refractivity contribution >= 4 is 40.6 Å². The third-order valence-corrected chi connectivity index (χ3v) is 3.48. The van der Waals surface area contributed by atoms with Gasteiger partial charge in [-0.3, -0.25) is 0 Å². The normalized spacial score (nSPS) is 10.0. The van der Waals surface area contributed by atoms with Crippen LogP contribution in [0, 0.1) is 11.6 Å². The monoisotopic (exact) mass is 380 g/mol. The van der Waals surface area contributed by atoms with Crippen molar-refractivity contribution in [3.05, 3.63) is 59.2 Å². The first-order valence-corrected chi connectivity index (χ1v) is 7.60. The topological polar surface area (TPSA) is 76.7 Å². The van der Waals surface area contributed by atoms with Gasteiger partial charge in [0.25, 0.3) is 0 Å². The molecular weight excluding hydrogens is 366 g/mol. The highest BCUT2D eigenvalue weighted by molar-refractivity contribution is 7.80. The van der Waals surface area contributed by atoms with E-state index in [1.165, 1.54) is 38.5 Å².